The highest BCUT2D eigenvalue weighted by Crippen LogP contribution is 2.28. The van der Waals surface area contributed by atoms with Gasteiger partial charge < -0.3 is 0 Å². The Bertz CT molecular complexity index is 592. The minimum Gasteiger partial charge on any atom is -0.298 e. The second kappa shape index (κ2) is 4.56. The van der Waals surface area contributed by atoms with E-state index in [0.717, 1.165) is 10.7 Å². The minimum atomic E-state index is -4.47. The number of halogens is 4. The third kappa shape index (κ3) is 2.45. The molecule has 0 spiro atoms. The average molecular weight is 319 g/mol. The fraction of sp³-hybridized carbons (Fsp3) is 0.0909. The number of aldehydes is 1. The van der Waals surface area contributed by atoms with Gasteiger partial charge in [0.25, 0.3) is 0 Å². The standard InChI is InChI=1S/C11H6BrF3N2O/c12-9-5-8(2-1-7(9)6-18)17-4-3-10(16-17)11(13,14)15/h1-6H. The molecule has 0 amide bonds. The summed E-state index contributed by atoms with van der Waals surface area (Å²) in [4.78, 5) is 10.6. The Morgan fingerprint density at radius 1 is 1.28 bits per heavy atom. The molecule has 0 N–H and O–H groups in total. The maximum absolute atomic E-state index is 12.4. The van der Waals surface area contributed by atoms with Gasteiger partial charge in [-0.2, -0.15) is 18.3 Å². The van der Waals surface area contributed by atoms with E-state index in [2.05, 4.69) is 21.0 Å². The Kier molecular flexibility index (Phi) is 3.25. The van der Waals surface area contributed by atoms with Gasteiger partial charge in [0.15, 0.2) is 12.0 Å². The van der Waals surface area contributed by atoms with Crippen LogP contribution in [-0.4, -0.2) is 16.1 Å². The molecule has 94 valence electrons. The maximum Gasteiger partial charge on any atom is 0.435 e. The van der Waals surface area contributed by atoms with Gasteiger partial charge in [-0.05, 0) is 40.2 Å². The van der Waals surface area contributed by atoms with Crippen LogP contribution in [0, 0.1) is 0 Å². The number of alkyl halides is 3. The van der Waals surface area contributed by atoms with Crippen molar-refractivity contribution in [3.05, 3.63) is 46.2 Å². The van der Waals surface area contributed by atoms with Crippen LogP contribution < -0.4 is 0 Å². The number of hydrogen-bond donors (Lipinski definition) is 0. The summed E-state index contributed by atoms with van der Waals surface area (Å²) in [7, 11) is 0. The van der Waals surface area contributed by atoms with E-state index in [1.165, 1.54) is 24.4 Å². The smallest absolute Gasteiger partial charge is 0.298 e. The van der Waals surface area contributed by atoms with Gasteiger partial charge in [-0.1, -0.05) is 0 Å². The highest BCUT2D eigenvalue weighted by Gasteiger charge is 2.33. The van der Waals surface area contributed by atoms with Crippen molar-refractivity contribution in [3.63, 3.8) is 0 Å². The molecule has 1 aromatic heterocycles. The van der Waals surface area contributed by atoms with Crippen molar-refractivity contribution in [1.29, 1.82) is 0 Å². The molecule has 0 bridgehead atoms. The number of hydrogen-bond acceptors (Lipinski definition) is 2. The summed E-state index contributed by atoms with van der Waals surface area (Å²) in [5, 5.41) is 3.43. The summed E-state index contributed by atoms with van der Waals surface area (Å²) >= 11 is 3.16. The van der Waals surface area contributed by atoms with Gasteiger partial charge >= 0.3 is 6.18 Å². The van der Waals surface area contributed by atoms with E-state index in [1.54, 1.807) is 0 Å². The normalized spacial score (nSPS) is 11.6. The zero-order chi connectivity index (χ0) is 13.3. The molecule has 1 heterocycles. The third-order valence-electron chi connectivity index (χ3n) is 2.26. The van der Waals surface area contributed by atoms with Crippen LogP contribution >= 0.6 is 15.9 Å². The molecule has 0 atom stereocenters. The number of aromatic nitrogens is 2. The molecule has 0 saturated carbocycles. The first-order valence-electron chi connectivity index (χ1n) is 4.80. The van der Waals surface area contributed by atoms with Gasteiger partial charge in [0.2, 0.25) is 0 Å². The molecule has 0 aliphatic heterocycles. The molecular weight excluding hydrogens is 313 g/mol. The van der Waals surface area contributed by atoms with Gasteiger partial charge in [0, 0.05) is 16.2 Å². The summed E-state index contributed by atoms with van der Waals surface area (Å²) in [6, 6.07) is 5.43. The van der Waals surface area contributed by atoms with Crippen molar-refractivity contribution in [1.82, 2.24) is 9.78 Å². The number of benzene rings is 1. The molecule has 7 heteroatoms. The highest BCUT2D eigenvalue weighted by molar-refractivity contribution is 9.10. The lowest BCUT2D eigenvalue weighted by Gasteiger charge is -2.04. The van der Waals surface area contributed by atoms with E-state index >= 15 is 0 Å². The van der Waals surface area contributed by atoms with Gasteiger partial charge in [-0.3, -0.25) is 4.79 Å². The molecule has 0 unspecified atom stereocenters. The Hall–Kier alpha value is -1.63. The van der Waals surface area contributed by atoms with Crippen LogP contribution in [-0.2, 0) is 6.18 Å². The van der Waals surface area contributed by atoms with E-state index in [9.17, 15) is 18.0 Å². The summed E-state index contributed by atoms with van der Waals surface area (Å²) in [5.74, 6) is 0. The summed E-state index contributed by atoms with van der Waals surface area (Å²) in [6.07, 6.45) is -2.60. The van der Waals surface area contributed by atoms with Crippen LogP contribution in [0.4, 0.5) is 13.2 Å². The molecule has 1 aromatic carbocycles. The SMILES string of the molecule is O=Cc1ccc(-n2ccc(C(F)(F)F)n2)cc1Br. The molecular formula is C11H6BrF3N2O. The predicted molar refractivity (Wildman–Crippen MR) is 61.7 cm³/mol. The first kappa shape index (κ1) is 12.8. The van der Waals surface area contributed by atoms with Crippen molar-refractivity contribution in [2.24, 2.45) is 0 Å². The van der Waals surface area contributed by atoms with Crippen LogP contribution in [0.1, 0.15) is 16.1 Å². The largest absolute Gasteiger partial charge is 0.435 e. The fourth-order valence-corrected chi connectivity index (χ4v) is 1.83. The summed E-state index contributed by atoms with van der Waals surface area (Å²) in [5.41, 5.74) is -0.108. The van der Waals surface area contributed by atoms with Crippen LogP contribution in [0.3, 0.4) is 0 Å². The molecule has 0 aliphatic rings. The van der Waals surface area contributed by atoms with Gasteiger partial charge in [-0.15, -0.1) is 0 Å². The van der Waals surface area contributed by atoms with E-state index in [0.29, 0.717) is 22.0 Å². The van der Waals surface area contributed by atoms with Gasteiger partial charge in [-0.25, -0.2) is 4.68 Å². The molecule has 0 aliphatic carbocycles. The van der Waals surface area contributed by atoms with Crippen LogP contribution in [0.5, 0.6) is 0 Å². The molecule has 3 nitrogen and oxygen atoms in total. The van der Waals surface area contributed by atoms with Gasteiger partial charge in [0.05, 0.1) is 5.69 Å². The molecule has 0 saturated heterocycles. The van der Waals surface area contributed by atoms with Crippen molar-refractivity contribution >= 4 is 22.2 Å². The monoisotopic (exact) mass is 318 g/mol. The van der Waals surface area contributed by atoms with Crippen molar-refractivity contribution in [2.45, 2.75) is 6.18 Å². The Morgan fingerprint density at radius 3 is 2.50 bits per heavy atom. The third-order valence-corrected chi connectivity index (χ3v) is 2.94. The zero-order valence-electron chi connectivity index (χ0n) is 8.78. The second-order valence-corrected chi connectivity index (χ2v) is 4.32. The van der Waals surface area contributed by atoms with E-state index in [4.69, 9.17) is 0 Å². The lowest BCUT2D eigenvalue weighted by Crippen LogP contribution is -2.07. The fourth-order valence-electron chi connectivity index (χ4n) is 1.37. The number of carbonyl (C=O) groups is 1. The zero-order valence-corrected chi connectivity index (χ0v) is 10.4. The first-order chi connectivity index (χ1) is 8.41. The molecule has 2 rings (SSSR count). The van der Waals surface area contributed by atoms with Crippen LogP contribution in [0.25, 0.3) is 5.69 Å². The summed E-state index contributed by atoms with van der Waals surface area (Å²) in [6.45, 7) is 0. The minimum absolute atomic E-state index is 0.418. The van der Waals surface area contributed by atoms with Crippen molar-refractivity contribution < 1.29 is 18.0 Å². The summed E-state index contributed by atoms with van der Waals surface area (Å²) < 4.78 is 38.7. The van der Waals surface area contributed by atoms with E-state index in [-0.39, 0.29) is 0 Å². The van der Waals surface area contributed by atoms with Crippen molar-refractivity contribution in [3.8, 4) is 5.69 Å². The highest BCUT2D eigenvalue weighted by atomic mass is 79.9. The Balaban J connectivity index is 2.40. The van der Waals surface area contributed by atoms with Crippen molar-refractivity contribution in [2.75, 3.05) is 0 Å². The van der Waals surface area contributed by atoms with Crippen LogP contribution in [0.2, 0.25) is 0 Å². The number of carbonyl (C=O) groups excluding carboxylic acids is 1. The predicted octanol–water partition coefficient (Wildman–Crippen LogP) is 3.47. The Morgan fingerprint density at radius 2 is 2.00 bits per heavy atom. The number of nitrogens with zero attached hydrogens (tertiary/aromatic N) is 2. The average Bonchev–Trinajstić information content (AvgIpc) is 2.77. The molecule has 0 radical (unpaired) electrons. The maximum atomic E-state index is 12.4. The Labute approximate surface area is 108 Å². The topological polar surface area (TPSA) is 34.9 Å². The molecule has 18 heavy (non-hydrogen) atoms. The quantitative estimate of drug-likeness (QED) is 0.795. The molecule has 2 aromatic rings. The molecule has 0 fully saturated rings. The van der Waals surface area contributed by atoms with Gasteiger partial charge in [0.1, 0.15) is 0 Å². The lowest BCUT2D eigenvalue weighted by atomic mass is 10.2. The second-order valence-electron chi connectivity index (χ2n) is 3.47. The number of rotatable bonds is 2. The van der Waals surface area contributed by atoms with E-state index in [1.807, 2.05) is 0 Å². The van der Waals surface area contributed by atoms with E-state index < -0.39 is 11.9 Å². The lowest BCUT2D eigenvalue weighted by molar-refractivity contribution is -0.141. The van der Waals surface area contributed by atoms with Crippen LogP contribution in [0.15, 0.2) is 34.9 Å². The first-order valence-corrected chi connectivity index (χ1v) is 5.59.